The van der Waals surface area contributed by atoms with Crippen molar-refractivity contribution in [3.8, 4) is 0 Å². The van der Waals surface area contributed by atoms with Gasteiger partial charge in [-0.05, 0) is 68.8 Å². The lowest BCUT2D eigenvalue weighted by atomic mass is 10.1. The molecule has 3 aromatic carbocycles. The summed E-state index contributed by atoms with van der Waals surface area (Å²) >= 11 is 1.74. The van der Waals surface area contributed by atoms with Crippen molar-refractivity contribution in [2.75, 3.05) is 5.32 Å². The Hall–Kier alpha value is -3.58. The normalized spacial score (nSPS) is 12.8. The van der Waals surface area contributed by atoms with Crippen molar-refractivity contribution in [1.82, 2.24) is 15.0 Å². The van der Waals surface area contributed by atoms with E-state index in [0.717, 1.165) is 46.1 Å². The van der Waals surface area contributed by atoms with Gasteiger partial charge >= 0.3 is 0 Å². The Labute approximate surface area is 190 Å². The van der Waals surface area contributed by atoms with Crippen LogP contribution in [0, 0.1) is 6.92 Å². The average Bonchev–Trinajstić information content (AvgIpc) is 3.14. The molecule has 0 fully saturated rings. The largest absolute Gasteiger partial charge is 0.354 e. The number of aryl methyl sites for hydroxylation is 2. The molecule has 0 atom stereocenters. The van der Waals surface area contributed by atoms with Gasteiger partial charge in [0.15, 0.2) is 0 Å². The minimum absolute atomic E-state index is 0.254. The molecule has 1 amide bonds. The molecule has 6 nitrogen and oxygen atoms in total. The molecular weight excluding hydrogens is 418 g/mol. The van der Waals surface area contributed by atoms with Crippen LogP contribution in [0.4, 0.5) is 11.4 Å². The fraction of sp³-hybridized carbons (Fsp3) is 0.160. The Balaban J connectivity index is 1.34. The maximum atomic E-state index is 12.7. The topological polar surface area (TPSA) is 71.3 Å². The minimum atomic E-state index is -0.254. The Morgan fingerprint density at radius 2 is 1.84 bits per heavy atom. The summed E-state index contributed by atoms with van der Waals surface area (Å²) in [6.45, 7) is 6.79. The molecule has 2 heterocycles. The minimum Gasteiger partial charge on any atom is -0.354 e. The molecule has 0 saturated carbocycles. The van der Waals surface area contributed by atoms with Crippen LogP contribution in [-0.2, 0) is 6.54 Å². The van der Waals surface area contributed by atoms with Crippen LogP contribution in [0.2, 0.25) is 0 Å². The second-order valence-electron chi connectivity index (χ2n) is 7.68. The number of carbonyl (C=O) groups is 1. The van der Waals surface area contributed by atoms with E-state index in [0.29, 0.717) is 5.56 Å². The van der Waals surface area contributed by atoms with Crippen LogP contribution in [0.1, 0.15) is 35.6 Å². The molecule has 160 valence electrons. The van der Waals surface area contributed by atoms with Gasteiger partial charge in [0, 0.05) is 21.9 Å². The molecule has 0 bridgehead atoms. The molecule has 4 aromatic rings. The van der Waals surface area contributed by atoms with E-state index in [9.17, 15) is 4.79 Å². The number of imidazole rings is 1. The van der Waals surface area contributed by atoms with E-state index >= 15 is 0 Å². The van der Waals surface area contributed by atoms with Crippen molar-refractivity contribution in [3.63, 3.8) is 0 Å². The van der Waals surface area contributed by atoms with Crippen LogP contribution >= 0.6 is 11.8 Å². The second-order valence-corrected chi connectivity index (χ2v) is 8.76. The number of hydrogen-bond donors (Lipinski definition) is 2. The number of hydrogen-bond acceptors (Lipinski definition) is 5. The fourth-order valence-corrected chi connectivity index (χ4v) is 4.89. The average molecular weight is 442 g/mol. The second kappa shape index (κ2) is 8.16. The SMILES string of the molecule is CCn1c(C)nc2cc(C(=O)NN=C(C)c3ccc4c(c3)Nc3ccccc3S4)ccc21. The summed E-state index contributed by atoms with van der Waals surface area (Å²) in [5.74, 6) is 0.686. The molecular formula is C25H23N5OS. The van der Waals surface area contributed by atoms with Crippen LogP contribution < -0.4 is 10.7 Å². The number of hydrazone groups is 1. The smallest absolute Gasteiger partial charge is 0.271 e. The van der Waals surface area contributed by atoms with Gasteiger partial charge in [-0.1, -0.05) is 30.0 Å². The van der Waals surface area contributed by atoms with E-state index in [1.165, 1.54) is 9.79 Å². The predicted molar refractivity (Wildman–Crippen MR) is 130 cm³/mol. The molecule has 32 heavy (non-hydrogen) atoms. The van der Waals surface area contributed by atoms with Gasteiger partial charge in [0.25, 0.3) is 5.91 Å². The molecule has 1 aromatic heterocycles. The van der Waals surface area contributed by atoms with Gasteiger partial charge in [0.1, 0.15) is 5.82 Å². The maximum absolute atomic E-state index is 12.7. The van der Waals surface area contributed by atoms with Crippen molar-refractivity contribution in [1.29, 1.82) is 0 Å². The highest BCUT2D eigenvalue weighted by Gasteiger charge is 2.16. The van der Waals surface area contributed by atoms with Crippen LogP contribution in [0.5, 0.6) is 0 Å². The van der Waals surface area contributed by atoms with Crippen molar-refractivity contribution >= 4 is 45.8 Å². The molecule has 0 unspecified atom stereocenters. The number of nitrogens with one attached hydrogen (secondary N) is 2. The third kappa shape index (κ3) is 3.65. The van der Waals surface area contributed by atoms with Crippen molar-refractivity contribution in [2.24, 2.45) is 5.10 Å². The Bertz CT molecular complexity index is 1390. The number of para-hydroxylation sites is 1. The van der Waals surface area contributed by atoms with Gasteiger partial charge in [-0.25, -0.2) is 10.4 Å². The summed E-state index contributed by atoms with van der Waals surface area (Å²) in [5, 5.41) is 7.82. The van der Waals surface area contributed by atoms with Crippen LogP contribution in [0.25, 0.3) is 11.0 Å². The number of nitrogens with zero attached hydrogens (tertiary/aromatic N) is 3. The lowest BCUT2D eigenvalue weighted by Gasteiger charge is -2.21. The molecule has 7 heteroatoms. The number of benzene rings is 3. The van der Waals surface area contributed by atoms with Gasteiger partial charge in [0.2, 0.25) is 0 Å². The van der Waals surface area contributed by atoms with Gasteiger partial charge in [0.05, 0.1) is 28.1 Å². The Kier molecular flexibility index (Phi) is 5.19. The van der Waals surface area contributed by atoms with Crippen molar-refractivity contribution in [2.45, 2.75) is 37.1 Å². The first-order chi connectivity index (χ1) is 15.5. The lowest BCUT2D eigenvalue weighted by Crippen LogP contribution is -2.19. The van der Waals surface area contributed by atoms with E-state index in [2.05, 4.69) is 56.6 Å². The van der Waals surface area contributed by atoms with Gasteiger partial charge in [-0.3, -0.25) is 4.79 Å². The summed E-state index contributed by atoms with van der Waals surface area (Å²) in [6.07, 6.45) is 0. The highest BCUT2D eigenvalue weighted by Crippen LogP contribution is 2.44. The van der Waals surface area contributed by atoms with E-state index in [1.807, 2.05) is 50.2 Å². The monoisotopic (exact) mass is 441 g/mol. The van der Waals surface area contributed by atoms with Gasteiger partial charge in [-0.15, -0.1) is 0 Å². The summed E-state index contributed by atoms with van der Waals surface area (Å²) in [7, 11) is 0. The third-order valence-corrected chi connectivity index (χ3v) is 6.77. The molecule has 5 rings (SSSR count). The van der Waals surface area contributed by atoms with E-state index in [-0.39, 0.29) is 5.91 Å². The molecule has 0 aliphatic carbocycles. The predicted octanol–water partition coefficient (Wildman–Crippen LogP) is 5.73. The van der Waals surface area contributed by atoms with E-state index in [4.69, 9.17) is 0 Å². The summed E-state index contributed by atoms with van der Waals surface area (Å²) in [4.78, 5) is 19.6. The number of aromatic nitrogens is 2. The fourth-order valence-electron chi connectivity index (χ4n) is 3.92. The van der Waals surface area contributed by atoms with E-state index < -0.39 is 0 Å². The molecule has 0 spiro atoms. The van der Waals surface area contributed by atoms with Crippen molar-refractivity contribution in [3.05, 3.63) is 77.6 Å². The molecule has 1 aliphatic heterocycles. The van der Waals surface area contributed by atoms with E-state index in [1.54, 1.807) is 11.8 Å². The Morgan fingerprint density at radius 3 is 2.69 bits per heavy atom. The van der Waals surface area contributed by atoms with Gasteiger partial charge in [-0.2, -0.15) is 5.10 Å². The number of amides is 1. The lowest BCUT2D eigenvalue weighted by molar-refractivity contribution is 0.0955. The van der Waals surface area contributed by atoms with Crippen LogP contribution in [0.15, 0.2) is 75.6 Å². The molecule has 2 N–H and O–H groups in total. The number of fused-ring (bicyclic) bond motifs is 3. The summed E-state index contributed by atoms with van der Waals surface area (Å²) in [5.41, 5.74) is 8.89. The highest BCUT2D eigenvalue weighted by molar-refractivity contribution is 7.99. The maximum Gasteiger partial charge on any atom is 0.271 e. The standard InChI is InChI=1S/C25H23N5OS/c1-4-30-16(3)26-20-14-18(9-11-22(20)30)25(31)29-28-15(2)17-10-12-24-21(13-17)27-19-7-5-6-8-23(19)32-24/h5-14,27H,4H2,1-3H3,(H,29,31). The molecule has 0 saturated heterocycles. The first-order valence-electron chi connectivity index (χ1n) is 10.5. The highest BCUT2D eigenvalue weighted by atomic mass is 32.2. The van der Waals surface area contributed by atoms with Crippen LogP contribution in [-0.4, -0.2) is 21.2 Å². The number of anilines is 2. The quantitative estimate of drug-likeness (QED) is 0.276. The summed E-state index contributed by atoms with van der Waals surface area (Å²) in [6, 6.07) is 20.0. The van der Waals surface area contributed by atoms with Crippen molar-refractivity contribution < 1.29 is 4.79 Å². The number of rotatable bonds is 4. The zero-order chi connectivity index (χ0) is 22.2. The first-order valence-corrected chi connectivity index (χ1v) is 11.3. The zero-order valence-corrected chi connectivity index (χ0v) is 19.0. The molecule has 1 aliphatic rings. The summed E-state index contributed by atoms with van der Waals surface area (Å²) < 4.78 is 2.13. The molecule has 0 radical (unpaired) electrons. The zero-order valence-electron chi connectivity index (χ0n) is 18.1. The third-order valence-electron chi connectivity index (χ3n) is 5.62. The first kappa shape index (κ1) is 20.3. The number of carbonyl (C=O) groups excluding carboxylic acids is 1. The Morgan fingerprint density at radius 1 is 1.06 bits per heavy atom. The van der Waals surface area contributed by atoms with Gasteiger partial charge < -0.3 is 9.88 Å². The van der Waals surface area contributed by atoms with Crippen LogP contribution in [0.3, 0.4) is 0 Å².